The van der Waals surface area contributed by atoms with E-state index in [0.29, 0.717) is 27.9 Å². The van der Waals surface area contributed by atoms with Crippen molar-refractivity contribution in [2.24, 2.45) is 10.7 Å². The number of fused-ring (bicyclic) bond motifs is 1. The number of aromatic nitrogens is 1. The van der Waals surface area contributed by atoms with Crippen molar-refractivity contribution in [3.63, 3.8) is 0 Å². The van der Waals surface area contributed by atoms with Crippen LogP contribution < -0.4 is 5.73 Å². The van der Waals surface area contributed by atoms with Gasteiger partial charge in [0.05, 0.1) is 29.1 Å². The second-order valence-corrected chi connectivity index (χ2v) is 9.09. The summed E-state index contributed by atoms with van der Waals surface area (Å²) < 4.78 is 9.82. The average Bonchev–Trinajstić information content (AvgIpc) is 3.21. The van der Waals surface area contributed by atoms with Gasteiger partial charge in [0.15, 0.2) is 12.5 Å². The minimum atomic E-state index is -0.675. The van der Waals surface area contributed by atoms with E-state index in [2.05, 4.69) is 4.98 Å². The van der Waals surface area contributed by atoms with Gasteiger partial charge < -0.3 is 25.3 Å². The lowest BCUT2D eigenvalue weighted by Gasteiger charge is -2.19. The van der Waals surface area contributed by atoms with E-state index in [4.69, 9.17) is 20.2 Å². The Hall–Kier alpha value is -4.43. The number of hydrogen-bond acceptors (Lipinski definition) is 7. The SMILES string of the molecule is CCOC(=O)COC(=O)c1ccc2c(C(=Nc3ccc(C(C)(C)N)cc3)c3ccccc3)c(O)[nH]c2c1. The number of carbonyl (C=O) groups is 2. The maximum absolute atomic E-state index is 12.4. The van der Waals surface area contributed by atoms with Crippen molar-refractivity contribution in [2.75, 3.05) is 13.2 Å². The number of aromatic hydroxyl groups is 1. The third-order valence-corrected chi connectivity index (χ3v) is 5.78. The number of carbonyl (C=O) groups excluding carboxylic acids is 2. The Bertz CT molecular complexity index is 1450. The van der Waals surface area contributed by atoms with Crippen LogP contribution in [0.2, 0.25) is 0 Å². The average molecular weight is 500 g/mol. The van der Waals surface area contributed by atoms with Gasteiger partial charge in [0, 0.05) is 22.0 Å². The maximum Gasteiger partial charge on any atom is 0.344 e. The molecule has 4 N–H and O–H groups in total. The van der Waals surface area contributed by atoms with Crippen molar-refractivity contribution < 1.29 is 24.2 Å². The molecule has 1 aromatic heterocycles. The van der Waals surface area contributed by atoms with Gasteiger partial charge in [-0.3, -0.25) is 0 Å². The number of rotatable bonds is 8. The monoisotopic (exact) mass is 499 g/mol. The molecule has 3 aromatic carbocycles. The number of hydrogen-bond donors (Lipinski definition) is 3. The molecule has 4 aromatic rings. The summed E-state index contributed by atoms with van der Waals surface area (Å²) in [6.07, 6.45) is 0. The first-order valence-electron chi connectivity index (χ1n) is 11.9. The van der Waals surface area contributed by atoms with Crippen LogP contribution in [-0.4, -0.2) is 41.0 Å². The molecule has 8 heteroatoms. The van der Waals surface area contributed by atoms with Crippen LogP contribution in [0.1, 0.15) is 47.8 Å². The fourth-order valence-electron chi connectivity index (χ4n) is 3.92. The van der Waals surface area contributed by atoms with Crippen LogP contribution in [-0.2, 0) is 19.8 Å². The molecule has 0 aliphatic heterocycles. The molecule has 4 rings (SSSR count). The third-order valence-electron chi connectivity index (χ3n) is 5.78. The number of esters is 2. The molecule has 8 nitrogen and oxygen atoms in total. The minimum Gasteiger partial charge on any atom is -0.494 e. The predicted octanol–water partition coefficient (Wildman–Crippen LogP) is 4.96. The molecule has 0 bridgehead atoms. The van der Waals surface area contributed by atoms with E-state index in [1.54, 1.807) is 25.1 Å². The number of nitrogens with zero attached hydrogens (tertiary/aromatic N) is 1. The largest absolute Gasteiger partial charge is 0.494 e. The van der Waals surface area contributed by atoms with Crippen LogP contribution in [0.15, 0.2) is 77.8 Å². The molecule has 37 heavy (non-hydrogen) atoms. The van der Waals surface area contributed by atoms with Gasteiger partial charge in [-0.15, -0.1) is 0 Å². The number of aliphatic imine (C=N–C) groups is 1. The first-order valence-corrected chi connectivity index (χ1v) is 11.9. The lowest BCUT2D eigenvalue weighted by Crippen LogP contribution is -2.28. The van der Waals surface area contributed by atoms with Gasteiger partial charge in [-0.05, 0) is 50.6 Å². The number of H-pyrrole nitrogens is 1. The van der Waals surface area contributed by atoms with Gasteiger partial charge in [-0.2, -0.15) is 0 Å². The molecule has 0 radical (unpaired) electrons. The van der Waals surface area contributed by atoms with E-state index in [-0.39, 0.29) is 18.1 Å². The Morgan fingerprint density at radius 2 is 1.68 bits per heavy atom. The summed E-state index contributed by atoms with van der Waals surface area (Å²) in [5.41, 5.74) is 10.0. The van der Waals surface area contributed by atoms with Gasteiger partial charge in [-0.1, -0.05) is 48.5 Å². The van der Waals surface area contributed by atoms with Gasteiger partial charge in [0.1, 0.15) is 0 Å². The first-order chi connectivity index (χ1) is 17.7. The minimum absolute atomic E-state index is 0.0886. The Labute approximate surface area is 214 Å². The molecule has 190 valence electrons. The highest BCUT2D eigenvalue weighted by Crippen LogP contribution is 2.32. The van der Waals surface area contributed by atoms with E-state index in [1.165, 1.54) is 0 Å². The molecular weight excluding hydrogens is 470 g/mol. The van der Waals surface area contributed by atoms with Crippen LogP contribution >= 0.6 is 0 Å². The molecule has 0 aliphatic carbocycles. The Balaban J connectivity index is 1.74. The zero-order valence-corrected chi connectivity index (χ0v) is 20.9. The highest BCUT2D eigenvalue weighted by molar-refractivity contribution is 6.22. The zero-order chi connectivity index (χ0) is 26.6. The van der Waals surface area contributed by atoms with Crippen molar-refractivity contribution in [1.29, 1.82) is 0 Å². The summed E-state index contributed by atoms with van der Waals surface area (Å²) in [6, 6.07) is 22.0. The summed E-state index contributed by atoms with van der Waals surface area (Å²) in [5.74, 6) is -1.39. The van der Waals surface area contributed by atoms with Crippen molar-refractivity contribution in [1.82, 2.24) is 4.98 Å². The summed E-state index contributed by atoms with van der Waals surface area (Å²) in [5, 5.41) is 11.6. The van der Waals surface area contributed by atoms with E-state index in [1.807, 2.05) is 68.4 Å². The van der Waals surface area contributed by atoms with Gasteiger partial charge in [-0.25, -0.2) is 14.6 Å². The topological polar surface area (TPSA) is 127 Å². The number of nitrogens with one attached hydrogen (secondary N) is 1. The van der Waals surface area contributed by atoms with Crippen molar-refractivity contribution in [3.05, 3.63) is 95.1 Å². The maximum atomic E-state index is 12.4. The quantitative estimate of drug-likeness (QED) is 0.232. The summed E-state index contributed by atoms with van der Waals surface area (Å²) >= 11 is 0. The number of aromatic amines is 1. The van der Waals surface area contributed by atoms with Crippen LogP contribution in [0.5, 0.6) is 5.88 Å². The summed E-state index contributed by atoms with van der Waals surface area (Å²) in [6.45, 7) is 5.27. The lowest BCUT2D eigenvalue weighted by atomic mass is 9.95. The molecule has 0 atom stereocenters. The molecule has 0 saturated heterocycles. The van der Waals surface area contributed by atoms with E-state index >= 15 is 0 Å². The smallest absolute Gasteiger partial charge is 0.344 e. The fraction of sp³-hybridized carbons (Fsp3) is 0.207. The number of nitrogens with two attached hydrogens (primary N) is 1. The fourth-order valence-corrected chi connectivity index (χ4v) is 3.92. The normalized spacial score (nSPS) is 11.9. The molecular formula is C29H29N3O5. The molecule has 0 spiro atoms. The summed E-state index contributed by atoms with van der Waals surface area (Å²) in [7, 11) is 0. The van der Waals surface area contributed by atoms with Gasteiger partial charge >= 0.3 is 11.9 Å². The molecule has 0 fully saturated rings. The Kier molecular flexibility index (Phi) is 7.40. The molecule has 0 aliphatic rings. The molecule has 0 saturated carbocycles. The number of benzene rings is 3. The number of ether oxygens (including phenoxy) is 2. The third kappa shape index (κ3) is 5.87. The molecule has 0 amide bonds. The highest BCUT2D eigenvalue weighted by atomic mass is 16.6. The van der Waals surface area contributed by atoms with Crippen LogP contribution in [0.4, 0.5) is 5.69 Å². The first kappa shape index (κ1) is 25.7. The Morgan fingerprint density at radius 1 is 0.973 bits per heavy atom. The van der Waals surface area contributed by atoms with E-state index in [9.17, 15) is 14.7 Å². The van der Waals surface area contributed by atoms with Gasteiger partial charge in [0.25, 0.3) is 0 Å². The molecule has 0 unspecified atom stereocenters. The standard InChI is InChI=1S/C29H29N3O5/c1-4-36-24(33)17-37-28(35)19-10-15-22-23(16-19)32-27(34)25(22)26(18-8-6-5-7-9-18)31-21-13-11-20(12-14-21)29(2,3)30/h5-16,32,34H,4,17,30H2,1-3H3. The van der Waals surface area contributed by atoms with Crippen molar-refractivity contribution in [2.45, 2.75) is 26.3 Å². The van der Waals surface area contributed by atoms with E-state index in [0.717, 1.165) is 11.1 Å². The van der Waals surface area contributed by atoms with Crippen molar-refractivity contribution >= 4 is 34.2 Å². The zero-order valence-electron chi connectivity index (χ0n) is 20.9. The van der Waals surface area contributed by atoms with Crippen LogP contribution in [0.25, 0.3) is 10.9 Å². The Morgan fingerprint density at radius 3 is 2.32 bits per heavy atom. The second kappa shape index (κ2) is 10.7. The van der Waals surface area contributed by atoms with Crippen LogP contribution in [0.3, 0.4) is 0 Å². The highest BCUT2D eigenvalue weighted by Gasteiger charge is 2.21. The summed E-state index contributed by atoms with van der Waals surface area (Å²) in [4.78, 5) is 31.8. The second-order valence-electron chi connectivity index (χ2n) is 9.09. The lowest BCUT2D eigenvalue weighted by molar-refractivity contribution is -0.146. The molecule has 1 heterocycles. The van der Waals surface area contributed by atoms with Gasteiger partial charge in [0.2, 0.25) is 0 Å². The van der Waals surface area contributed by atoms with Crippen molar-refractivity contribution in [3.8, 4) is 5.88 Å². The predicted molar refractivity (Wildman–Crippen MR) is 142 cm³/mol. The van der Waals surface area contributed by atoms with Crippen LogP contribution in [0, 0.1) is 0 Å². The van der Waals surface area contributed by atoms with E-state index < -0.39 is 24.1 Å².